The maximum atomic E-state index is 13.9. The highest BCUT2D eigenvalue weighted by molar-refractivity contribution is 9.10. The fourth-order valence-corrected chi connectivity index (χ4v) is 7.68. The van der Waals surface area contributed by atoms with Crippen LogP contribution in [0.4, 0.5) is 21.0 Å². The number of anilines is 2. The second-order valence-electron chi connectivity index (χ2n) is 13.1. The zero-order valence-electron chi connectivity index (χ0n) is 26.7. The Labute approximate surface area is 280 Å². The van der Waals surface area contributed by atoms with E-state index in [-0.39, 0.29) is 24.4 Å². The second-order valence-corrected chi connectivity index (χ2v) is 13.9. The van der Waals surface area contributed by atoms with Crippen molar-refractivity contribution in [2.75, 3.05) is 77.0 Å². The number of para-hydroxylation sites is 1. The van der Waals surface area contributed by atoms with Gasteiger partial charge in [0.05, 0.1) is 0 Å². The molecule has 46 heavy (non-hydrogen) atoms. The molecule has 0 aromatic heterocycles. The molecule has 2 aromatic carbocycles. The number of carbonyl (C=O) groups is 3. The van der Waals surface area contributed by atoms with E-state index in [4.69, 9.17) is 10.5 Å². The van der Waals surface area contributed by atoms with Gasteiger partial charge in [0, 0.05) is 80.2 Å². The third kappa shape index (κ3) is 7.61. The number of nitrogen functional groups attached to an aromatic ring is 1. The number of carbonyl (C=O) groups excluding carboxylic acids is 3. The van der Waals surface area contributed by atoms with Gasteiger partial charge >= 0.3 is 12.1 Å². The van der Waals surface area contributed by atoms with Gasteiger partial charge in [-0.1, -0.05) is 24.3 Å². The van der Waals surface area contributed by atoms with Crippen molar-refractivity contribution in [2.45, 2.75) is 56.7 Å². The Morgan fingerprint density at radius 3 is 2.33 bits per heavy atom. The lowest BCUT2D eigenvalue weighted by Gasteiger charge is -2.42. The molecule has 1 atom stereocenters. The van der Waals surface area contributed by atoms with Gasteiger partial charge in [0.1, 0.15) is 0 Å². The summed E-state index contributed by atoms with van der Waals surface area (Å²) in [6.07, 6.45) is 3.25. The lowest BCUT2D eigenvalue weighted by molar-refractivity contribution is -0.143. The van der Waals surface area contributed by atoms with Crippen LogP contribution in [-0.2, 0) is 22.4 Å². The predicted octanol–water partition coefficient (Wildman–Crippen LogP) is 3.87. The minimum absolute atomic E-state index is 0.0313. The first-order chi connectivity index (χ1) is 22.2. The maximum Gasteiger partial charge on any atom is 0.410 e. The third-order valence-corrected chi connectivity index (χ3v) is 10.8. The summed E-state index contributed by atoms with van der Waals surface area (Å²) in [5.41, 5.74) is 9.48. The first-order valence-electron chi connectivity index (χ1n) is 16.6. The van der Waals surface area contributed by atoms with Gasteiger partial charge in [-0.25, -0.2) is 9.59 Å². The summed E-state index contributed by atoms with van der Waals surface area (Å²) in [4.78, 5) is 50.9. The van der Waals surface area contributed by atoms with Crippen LogP contribution in [-0.4, -0.2) is 127 Å². The van der Waals surface area contributed by atoms with Crippen LogP contribution in [0.1, 0.15) is 36.8 Å². The number of rotatable bonds is 6. The second kappa shape index (κ2) is 14.6. The van der Waals surface area contributed by atoms with Gasteiger partial charge in [-0.2, -0.15) is 0 Å². The quantitative estimate of drug-likeness (QED) is 0.441. The molecule has 0 bridgehead atoms. The van der Waals surface area contributed by atoms with Crippen molar-refractivity contribution in [3.63, 3.8) is 0 Å². The van der Waals surface area contributed by atoms with Crippen LogP contribution >= 0.6 is 15.9 Å². The van der Waals surface area contributed by atoms with Crippen LogP contribution in [0, 0.1) is 0 Å². The van der Waals surface area contributed by atoms with Gasteiger partial charge in [-0.3, -0.25) is 9.69 Å². The molecule has 4 aliphatic rings. The Morgan fingerprint density at radius 1 is 0.913 bits per heavy atom. The molecule has 0 radical (unpaired) electrons. The third-order valence-electron chi connectivity index (χ3n) is 10.1. The number of piperidine rings is 2. The molecule has 11 nitrogen and oxygen atoms in total. The van der Waals surface area contributed by atoms with E-state index in [0.717, 1.165) is 66.7 Å². The number of ether oxygens (including phenoxy) is 1. The number of nitrogens with one attached hydrogen (secondary N) is 1. The van der Waals surface area contributed by atoms with Crippen molar-refractivity contribution in [2.24, 2.45) is 0 Å². The van der Waals surface area contributed by atoms with Crippen LogP contribution in [0.2, 0.25) is 0 Å². The van der Waals surface area contributed by atoms with E-state index >= 15 is 0 Å². The first-order valence-corrected chi connectivity index (χ1v) is 17.4. The van der Waals surface area contributed by atoms with Crippen molar-refractivity contribution in [3.8, 4) is 0 Å². The lowest BCUT2D eigenvalue weighted by Crippen LogP contribution is -2.56. The van der Waals surface area contributed by atoms with E-state index in [1.165, 1.54) is 0 Å². The molecule has 4 heterocycles. The molecule has 0 unspecified atom stereocenters. The number of piperazine rings is 1. The van der Waals surface area contributed by atoms with Crippen LogP contribution in [0.25, 0.3) is 0 Å². The summed E-state index contributed by atoms with van der Waals surface area (Å²) < 4.78 is 6.78. The van der Waals surface area contributed by atoms with Gasteiger partial charge in [-0.05, 0) is 97.5 Å². The molecular formula is C34H46BrN7O4. The van der Waals surface area contributed by atoms with Crippen LogP contribution < -0.4 is 11.1 Å². The Kier molecular flexibility index (Phi) is 10.3. The number of nitrogens with two attached hydrogens (primary N) is 1. The van der Waals surface area contributed by atoms with Gasteiger partial charge in [0.15, 0.2) is 6.10 Å². The number of halogens is 1. The minimum Gasteiger partial charge on any atom is -0.436 e. The molecule has 248 valence electrons. The average molecular weight is 697 g/mol. The summed E-state index contributed by atoms with van der Waals surface area (Å²) in [5.74, 6) is -0.153. The van der Waals surface area contributed by atoms with Crippen molar-refractivity contribution in [3.05, 3.63) is 58.1 Å². The van der Waals surface area contributed by atoms with Crippen molar-refractivity contribution < 1.29 is 19.1 Å². The van der Waals surface area contributed by atoms with E-state index in [2.05, 4.69) is 38.1 Å². The molecule has 0 saturated carbocycles. The molecule has 4 aliphatic heterocycles. The Morgan fingerprint density at radius 2 is 1.61 bits per heavy atom. The van der Waals surface area contributed by atoms with E-state index < -0.39 is 12.2 Å². The molecule has 0 aliphatic carbocycles. The molecular weight excluding hydrogens is 650 g/mol. The normalized spacial score (nSPS) is 21.3. The molecule has 4 amide bonds. The number of hydrogen-bond donors (Lipinski definition) is 2. The Balaban J connectivity index is 1.07. The average Bonchev–Trinajstić information content (AvgIpc) is 3.24. The molecule has 3 N–H and O–H groups in total. The number of benzene rings is 2. The van der Waals surface area contributed by atoms with E-state index in [9.17, 15) is 14.4 Å². The zero-order chi connectivity index (χ0) is 32.2. The smallest absolute Gasteiger partial charge is 0.410 e. The molecule has 0 spiro atoms. The number of fused-ring (bicyclic) bond motifs is 1. The van der Waals surface area contributed by atoms with Gasteiger partial charge in [0.2, 0.25) is 0 Å². The highest BCUT2D eigenvalue weighted by atomic mass is 79.9. The van der Waals surface area contributed by atoms with Crippen molar-refractivity contribution in [1.82, 2.24) is 24.5 Å². The van der Waals surface area contributed by atoms with Gasteiger partial charge in [-0.15, -0.1) is 0 Å². The van der Waals surface area contributed by atoms with Crippen LogP contribution in [0.3, 0.4) is 0 Å². The van der Waals surface area contributed by atoms with E-state index in [1.807, 2.05) is 46.2 Å². The van der Waals surface area contributed by atoms with Gasteiger partial charge < -0.3 is 35.4 Å². The number of hydrogen-bond acceptors (Lipinski definition) is 7. The molecule has 6 rings (SSSR count). The molecule has 3 fully saturated rings. The zero-order valence-corrected chi connectivity index (χ0v) is 28.3. The number of urea groups is 1. The Bertz CT molecular complexity index is 1400. The fraction of sp³-hybridized carbons (Fsp3) is 0.559. The van der Waals surface area contributed by atoms with E-state index in [0.29, 0.717) is 57.3 Å². The van der Waals surface area contributed by atoms with E-state index in [1.54, 1.807) is 11.0 Å². The van der Waals surface area contributed by atoms with Crippen LogP contribution in [0.5, 0.6) is 0 Å². The number of nitrogens with zero attached hydrogens (tertiary/aromatic N) is 5. The summed E-state index contributed by atoms with van der Waals surface area (Å²) in [6.45, 7) is 6.68. The van der Waals surface area contributed by atoms with Crippen LogP contribution in [0.15, 0.2) is 46.9 Å². The molecule has 2 aromatic rings. The lowest BCUT2D eigenvalue weighted by atomic mass is 10.0. The maximum absolute atomic E-state index is 13.9. The van der Waals surface area contributed by atoms with Crippen molar-refractivity contribution >= 4 is 45.3 Å². The highest BCUT2D eigenvalue weighted by Crippen LogP contribution is 2.26. The fourth-order valence-electron chi connectivity index (χ4n) is 7.26. The number of likely N-dealkylation sites (tertiary alicyclic amines) is 2. The molecule has 12 heteroatoms. The highest BCUT2D eigenvalue weighted by Gasteiger charge is 2.36. The first kappa shape index (κ1) is 32.6. The largest absolute Gasteiger partial charge is 0.436 e. The molecule has 3 saturated heterocycles. The SMILES string of the molecule is CN1CCC(N2CCN(C(=O)[C@@H](Cc3ccc(N)c(Br)c3)OC(=O)N3CCC(N4CCc5ccccc5NC4=O)CC3)CC2)CC1. The summed E-state index contributed by atoms with van der Waals surface area (Å²) in [5, 5.41) is 3.05. The minimum atomic E-state index is -0.939. The Hall–Kier alpha value is -3.35. The summed E-state index contributed by atoms with van der Waals surface area (Å²) >= 11 is 3.49. The van der Waals surface area contributed by atoms with Gasteiger partial charge in [0.25, 0.3) is 5.91 Å². The monoisotopic (exact) mass is 695 g/mol. The summed E-state index contributed by atoms with van der Waals surface area (Å²) in [7, 11) is 2.17. The predicted molar refractivity (Wildman–Crippen MR) is 182 cm³/mol. The topological polar surface area (TPSA) is 115 Å². The number of amides is 4. The summed E-state index contributed by atoms with van der Waals surface area (Å²) in [6, 6.07) is 14.0. The van der Waals surface area contributed by atoms with Crippen molar-refractivity contribution in [1.29, 1.82) is 0 Å². The standard InChI is InChI=1S/C34H46BrN7O4/c1-38-13-9-26(10-14-38)39-18-20-40(21-19-39)32(43)31(23-24-6-7-29(36)28(35)22-24)46-34(45)41-15-11-27(12-16-41)42-17-8-25-4-2-3-5-30(25)37-33(42)44/h2-7,22,26-27,31H,8-21,23,36H2,1H3,(H,37,44)/t31-/m1/s1.